The highest BCUT2D eigenvalue weighted by Crippen LogP contribution is 2.31. The zero-order valence-corrected chi connectivity index (χ0v) is 16.8. The molecule has 1 amide bonds. The minimum absolute atomic E-state index is 0.0899. The third-order valence-electron chi connectivity index (χ3n) is 4.93. The van der Waals surface area contributed by atoms with Crippen LogP contribution in [0.4, 0.5) is 0 Å². The van der Waals surface area contributed by atoms with Gasteiger partial charge in [0.05, 0.1) is 22.2 Å². The van der Waals surface area contributed by atoms with E-state index in [4.69, 9.17) is 23.2 Å². The average Bonchev–Trinajstić information content (AvgIpc) is 3.23. The topological polar surface area (TPSA) is 50.2 Å². The van der Waals surface area contributed by atoms with Gasteiger partial charge in [-0.2, -0.15) is 5.10 Å². The number of nitrogens with one attached hydrogen (secondary N) is 1. The summed E-state index contributed by atoms with van der Waals surface area (Å²) in [6, 6.07) is 5.62. The average molecular weight is 395 g/mol. The number of aromatic nitrogens is 2. The van der Waals surface area contributed by atoms with Crippen LogP contribution in [0.3, 0.4) is 0 Å². The normalized spacial score (nSPS) is 19.9. The molecule has 0 spiro atoms. The van der Waals surface area contributed by atoms with Gasteiger partial charge in [0, 0.05) is 44.8 Å². The predicted molar refractivity (Wildman–Crippen MR) is 104 cm³/mol. The molecule has 0 aliphatic carbocycles. The van der Waals surface area contributed by atoms with E-state index in [1.165, 1.54) is 0 Å². The maximum absolute atomic E-state index is 13.3. The molecule has 0 saturated carbocycles. The first-order valence-electron chi connectivity index (χ1n) is 8.80. The molecule has 1 fully saturated rings. The molecule has 2 atom stereocenters. The second-order valence-electron chi connectivity index (χ2n) is 7.13. The van der Waals surface area contributed by atoms with Crippen molar-refractivity contribution < 1.29 is 4.79 Å². The fourth-order valence-electron chi connectivity index (χ4n) is 3.48. The van der Waals surface area contributed by atoms with E-state index in [1.807, 2.05) is 50.3 Å². The van der Waals surface area contributed by atoms with Crippen LogP contribution in [-0.4, -0.2) is 39.7 Å². The lowest BCUT2D eigenvalue weighted by Gasteiger charge is -2.31. The third-order valence-corrected chi connectivity index (χ3v) is 5.67. The summed E-state index contributed by atoms with van der Waals surface area (Å²) >= 11 is 12.1. The van der Waals surface area contributed by atoms with Crippen molar-refractivity contribution in [2.24, 2.45) is 13.0 Å². The van der Waals surface area contributed by atoms with Gasteiger partial charge in [0.1, 0.15) is 0 Å². The number of benzene rings is 1. The van der Waals surface area contributed by atoms with Crippen LogP contribution in [0, 0.1) is 5.92 Å². The van der Waals surface area contributed by atoms with Gasteiger partial charge in [-0.15, -0.1) is 0 Å². The summed E-state index contributed by atoms with van der Waals surface area (Å²) in [5.74, 6) is 0.209. The molecule has 3 rings (SSSR count). The van der Waals surface area contributed by atoms with Gasteiger partial charge in [-0.25, -0.2) is 0 Å². The van der Waals surface area contributed by atoms with Gasteiger partial charge in [0.2, 0.25) is 5.91 Å². The Kier molecular flexibility index (Phi) is 5.90. The predicted octanol–water partition coefficient (Wildman–Crippen LogP) is 3.47. The summed E-state index contributed by atoms with van der Waals surface area (Å²) < 4.78 is 1.78. The van der Waals surface area contributed by atoms with E-state index < -0.39 is 0 Å². The minimum atomic E-state index is -0.0932. The summed E-state index contributed by atoms with van der Waals surface area (Å²) in [4.78, 5) is 15.3. The lowest BCUT2D eigenvalue weighted by Crippen LogP contribution is -2.42. The Labute approximate surface area is 164 Å². The Morgan fingerprint density at radius 2 is 2.12 bits per heavy atom. The number of aryl methyl sites for hydroxylation is 1. The van der Waals surface area contributed by atoms with E-state index in [0.717, 1.165) is 17.7 Å². The molecule has 26 heavy (non-hydrogen) atoms. The van der Waals surface area contributed by atoms with E-state index in [2.05, 4.69) is 10.4 Å². The van der Waals surface area contributed by atoms with Gasteiger partial charge in [-0.3, -0.25) is 9.48 Å². The number of hydrogen-bond acceptors (Lipinski definition) is 3. The number of rotatable bonds is 5. The van der Waals surface area contributed by atoms with Crippen molar-refractivity contribution in [1.29, 1.82) is 0 Å². The zero-order valence-electron chi connectivity index (χ0n) is 15.2. The van der Waals surface area contributed by atoms with Gasteiger partial charge in [-0.1, -0.05) is 29.3 Å². The SMILES string of the molecule is CC(C)N(Cc1ccc(Cl)c(Cl)c1)C(=O)[C@H]1CNC[C@@H]1c1cnn(C)c1. The Bertz CT molecular complexity index is 790. The first-order valence-corrected chi connectivity index (χ1v) is 9.56. The molecule has 1 aliphatic rings. The second-order valence-corrected chi connectivity index (χ2v) is 7.94. The molecule has 5 nitrogen and oxygen atoms in total. The van der Waals surface area contributed by atoms with Crippen molar-refractivity contribution in [3.05, 3.63) is 51.8 Å². The first kappa shape index (κ1) is 19.2. The number of carbonyl (C=O) groups is 1. The number of carbonyl (C=O) groups excluding carboxylic acids is 1. The summed E-state index contributed by atoms with van der Waals surface area (Å²) in [6.45, 7) is 6.07. The molecule has 0 unspecified atom stereocenters. The highest BCUT2D eigenvalue weighted by molar-refractivity contribution is 6.42. The van der Waals surface area contributed by atoms with Crippen molar-refractivity contribution in [3.8, 4) is 0 Å². The summed E-state index contributed by atoms with van der Waals surface area (Å²) in [6.07, 6.45) is 3.85. The van der Waals surface area contributed by atoms with E-state index in [9.17, 15) is 4.79 Å². The zero-order chi connectivity index (χ0) is 18.8. The fourth-order valence-corrected chi connectivity index (χ4v) is 3.80. The van der Waals surface area contributed by atoms with Crippen molar-refractivity contribution in [1.82, 2.24) is 20.0 Å². The van der Waals surface area contributed by atoms with Crippen molar-refractivity contribution >= 4 is 29.1 Å². The minimum Gasteiger partial charge on any atom is -0.336 e. The van der Waals surface area contributed by atoms with Crippen LogP contribution in [0.2, 0.25) is 10.0 Å². The van der Waals surface area contributed by atoms with Gasteiger partial charge >= 0.3 is 0 Å². The van der Waals surface area contributed by atoms with Crippen LogP contribution in [0.15, 0.2) is 30.6 Å². The van der Waals surface area contributed by atoms with Crippen LogP contribution in [0.1, 0.15) is 30.9 Å². The Balaban J connectivity index is 1.80. The van der Waals surface area contributed by atoms with E-state index in [-0.39, 0.29) is 23.8 Å². The van der Waals surface area contributed by atoms with Gasteiger partial charge < -0.3 is 10.2 Å². The molecule has 2 heterocycles. The standard InChI is InChI=1S/C19H24Cl2N4O/c1-12(2)25(10-13-4-5-17(20)18(21)6-13)19(26)16-9-22-8-15(16)14-7-23-24(3)11-14/h4-7,11-12,15-16,22H,8-10H2,1-3H3/t15-,16+/m1/s1. The largest absolute Gasteiger partial charge is 0.336 e. The molecule has 1 saturated heterocycles. The van der Waals surface area contributed by atoms with Crippen LogP contribution >= 0.6 is 23.2 Å². The Morgan fingerprint density at radius 3 is 2.73 bits per heavy atom. The van der Waals surface area contributed by atoms with Crippen LogP contribution < -0.4 is 5.32 Å². The second kappa shape index (κ2) is 7.99. The van der Waals surface area contributed by atoms with Crippen LogP contribution in [-0.2, 0) is 18.4 Å². The molecule has 1 N–H and O–H groups in total. The summed E-state index contributed by atoms with van der Waals surface area (Å²) in [5.41, 5.74) is 2.08. The third kappa shape index (κ3) is 4.05. The molecule has 0 radical (unpaired) electrons. The molecule has 1 aromatic carbocycles. The van der Waals surface area contributed by atoms with Gasteiger partial charge in [-0.05, 0) is 37.1 Å². The monoisotopic (exact) mass is 394 g/mol. The van der Waals surface area contributed by atoms with E-state index >= 15 is 0 Å². The number of halogens is 2. The summed E-state index contributed by atoms with van der Waals surface area (Å²) in [7, 11) is 1.90. The maximum Gasteiger partial charge on any atom is 0.228 e. The van der Waals surface area contributed by atoms with E-state index in [1.54, 1.807) is 10.7 Å². The Hall–Kier alpha value is -1.56. The van der Waals surface area contributed by atoms with Gasteiger partial charge in [0.25, 0.3) is 0 Å². The molecule has 1 aromatic heterocycles. The maximum atomic E-state index is 13.3. The van der Waals surface area contributed by atoms with Crippen molar-refractivity contribution in [3.63, 3.8) is 0 Å². The van der Waals surface area contributed by atoms with Crippen molar-refractivity contribution in [2.75, 3.05) is 13.1 Å². The molecule has 2 aromatic rings. The molecule has 140 valence electrons. The highest BCUT2D eigenvalue weighted by Gasteiger charge is 2.37. The van der Waals surface area contributed by atoms with Gasteiger partial charge in [0.15, 0.2) is 0 Å². The molecule has 1 aliphatic heterocycles. The number of hydrogen-bond donors (Lipinski definition) is 1. The molecular formula is C19H24Cl2N4O. The summed E-state index contributed by atoms with van der Waals surface area (Å²) in [5, 5.41) is 8.65. The van der Waals surface area contributed by atoms with Crippen LogP contribution in [0.25, 0.3) is 0 Å². The molecular weight excluding hydrogens is 371 g/mol. The Morgan fingerprint density at radius 1 is 1.35 bits per heavy atom. The quantitative estimate of drug-likeness (QED) is 0.844. The van der Waals surface area contributed by atoms with Crippen molar-refractivity contribution in [2.45, 2.75) is 32.4 Å². The lowest BCUT2D eigenvalue weighted by atomic mass is 9.89. The smallest absolute Gasteiger partial charge is 0.228 e. The number of nitrogens with zero attached hydrogens (tertiary/aromatic N) is 3. The lowest BCUT2D eigenvalue weighted by molar-refractivity contribution is -0.137. The molecule has 0 bridgehead atoms. The molecule has 7 heteroatoms. The highest BCUT2D eigenvalue weighted by atomic mass is 35.5. The van der Waals surface area contributed by atoms with E-state index in [0.29, 0.717) is 23.1 Å². The first-order chi connectivity index (χ1) is 12.4. The fraction of sp³-hybridized carbons (Fsp3) is 0.474. The van der Waals surface area contributed by atoms with Crippen LogP contribution in [0.5, 0.6) is 0 Å². The number of amides is 1.